The summed E-state index contributed by atoms with van der Waals surface area (Å²) in [4.78, 5) is 34.4. The van der Waals surface area contributed by atoms with Crippen molar-refractivity contribution in [3.05, 3.63) is 26.7 Å². The fraction of sp³-hybridized carbons (Fsp3) is 0.643. The molecule has 0 unspecified atom stereocenters. The monoisotopic (exact) mass is 306 g/mol. The maximum absolute atomic E-state index is 12.3. The summed E-state index contributed by atoms with van der Waals surface area (Å²) in [5, 5.41) is 3.31. The van der Waals surface area contributed by atoms with Gasteiger partial charge in [0.2, 0.25) is 0 Å². The Kier molecular flexibility index (Phi) is 4.12. The van der Waals surface area contributed by atoms with Crippen LogP contribution < -0.4 is 16.6 Å². The second-order valence-corrected chi connectivity index (χ2v) is 5.71. The van der Waals surface area contributed by atoms with Crippen molar-refractivity contribution in [2.45, 2.75) is 26.4 Å². The highest BCUT2D eigenvalue weighted by Gasteiger charge is 2.17. The maximum Gasteiger partial charge on any atom is 0.332 e. The minimum Gasteiger partial charge on any atom is -0.335 e. The molecule has 3 rings (SSSR count). The van der Waals surface area contributed by atoms with Gasteiger partial charge in [-0.05, 0) is 6.42 Å². The second kappa shape index (κ2) is 6.05. The Bertz CT molecular complexity index is 781. The zero-order valence-corrected chi connectivity index (χ0v) is 13.1. The Morgan fingerprint density at radius 1 is 1.23 bits per heavy atom. The number of piperazine rings is 1. The molecule has 2 aromatic heterocycles. The number of aromatic amines is 1. The topological polar surface area (TPSA) is 88.0 Å². The maximum atomic E-state index is 12.3. The molecule has 0 atom stereocenters. The third-order valence-corrected chi connectivity index (χ3v) is 4.06. The van der Waals surface area contributed by atoms with Crippen molar-refractivity contribution in [3.63, 3.8) is 0 Å². The first-order valence-corrected chi connectivity index (χ1v) is 7.73. The van der Waals surface area contributed by atoms with Crippen molar-refractivity contribution in [1.82, 2.24) is 29.3 Å². The summed E-state index contributed by atoms with van der Waals surface area (Å²) in [6.07, 6.45) is 0.813. The van der Waals surface area contributed by atoms with Crippen LogP contribution in [0.1, 0.15) is 19.2 Å². The zero-order valence-electron chi connectivity index (χ0n) is 13.1. The summed E-state index contributed by atoms with van der Waals surface area (Å²) in [5.74, 6) is 0.740. The summed E-state index contributed by atoms with van der Waals surface area (Å²) in [7, 11) is 1.51. The van der Waals surface area contributed by atoms with Crippen LogP contribution in [0.15, 0.2) is 9.59 Å². The molecule has 1 fully saturated rings. The number of nitrogens with one attached hydrogen (secondary N) is 2. The minimum atomic E-state index is -0.314. The molecule has 1 aliphatic heterocycles. The first-order valence-electron chi connectivity index (χ1n) is 7.73. The predicted octanol–water partition coefficient (Wildman–Crippen LogP) is -0.761. The van der Waals surface area contributed by atoms with Crippen LogP contribution in [0.5, 0.6) is 0 Å². The highest BCUT2D eigenvalue weighted by Crippen LogP contribution is 2.09. The van der Waals surface area contributed by atoms with Crippen molar-refractivity contribution >= 4 is 11.2 Å². The minimum absolute atomic E-state index is 0.306. The van der Waals surface area contributed by atoms with Crippen LogP contribution >= 0.6 is 0 Å². The number of H-pyrrole nitrogens is 1. The van der Waals surface area contributed by atoms with E-state index in [-0.39, 0.29) is 11.2 Å². The lowest BCUT2D eigenvalue weighted by Crippen LogP contribution is -2.43. The van der Waals surface area contributed by atoms with Crippen molar-refractivity contribution in [1.29, 1.82) is 0 Å². The van der Waals surface area contributed by atoms with Gasteiger partial charge in [0.1, 0.15) is 11.3 Å². The van der Waals surface area contributed by atoms with Crippen LogP contribution in [-0.2, 0) is 20.1 Å². The number of aromatic nitrogens is 4. The Labute approximate surface area is 127 Å². The number of aryl methyl sites for hydroxylation is 1. The van der Waals surface area contributed by atoms with Gasteiger partial charge in [-0.15, -0.1) is 0 Å². The zero-order chi connectivity index (χ0) is 15.7. The van der Waals surface area contributed by atoms with E-state index in [1.165, 1.54) is 7.05 Å². The van der Waals surface area contributed by atoms with Crippen LogP contribution in [0.3, 0.4) is 0 Å². The Morgan fingerprint density at radius 3 is 2.64 bits per heavy atom. The number of rotatable bonds is 4. The van der Waals surface area contributed by atoms with E-state index in [0.29, 0.717) is 24.3 Å². The van der Waals surface area contributed by atoms with E-state index in [1.54, 1.807) is 4.57 Å². The van der Waals surface area contributed by atoms with Crippen molar-refractivity contribution in [2.24, 2.45) is 7.05 Å². The van der Waals surface area contributed by atoms with Gasteiger partial charge in [0.05, 0.1) is 6.54 Å². The summed E-state index contributed by atoms with van der Waals surface area (Å²) < 4.78 is 2.72. The molecule has 0 bridgehead atoms. The summed E-state index contributed by atoms with van der Waals surface area (Å²) in [6.45, 7) is 7.05. The number of hydrogen-bond donors (Lipinski definition) is 2. The van der Waals surface area contributed by atoms with Gasteiger partial charge in [0.25, 0.3) is 5.56 Å². The first kappa shape index (κ1) is 15.0. The normalized spacial score (nSPS) is 16.5. The van der Waals surface area contributed by atoms with Gasteiger partial charge in [0, 0.05) is 39.8 Å². The molecular formula is C14H22N6O2. The molecule has 1 aliphatic rings. The van der Waals surface area contributed by atoms with E-state index in [0.717, 1.165) is 43.0 Å². The van der Waals surface area contributed by atoms with E-state index < -0.39 is 0 Å². The molecule has 0 aliphatic carbocycles. The lowest BCUT2D eigenvalue weighted by molar-refractivity contribution is 0.228. The Hall–Kier alpha value is -1.93. The smallest absolute Gasteiger partial charge is 0.332 e. The molecule has 8 nitrogen and oxygen atoms in total. The third kappa shape index (κ3) is 2.59. The van der Waals surface area contributed by atoms with E-state index >= 15 is 0 Å². The molecule has 0 amide bonds. The predicted molar refractivity (Wildman–Crippen MR) is 84.0 cm³/mol. The van der Waals surface area contributed by atoms with Crippen LogP contribution in [-0.4, -0.2) is 50.2 Å². The molecule has 0 saturated carbocycles. The number of fused-ring (bicyclic) bond motifs is 1. The van der Waals surface area contributed by atoms with Crippen LogP contribution in [0.25, 0.3) is 11.2 Å². The molecule has 0 aromatic carbocycles. The molecule has 22 heavy (non-hydrogen) atoms. The standard InChI is InChI=1S/C14H22N6O2/c1-3-6-20-12-11(13(21)18(2)14(20)22)16-10(17-12)9-19-7-4-15-5-8-19/h15H,3-9H2,1-2H3,(H,16,17). The quantitative estimate of drug-likeness (QED) is 0.775. The number of imidazole rings is 1. The molecule has 2 aromatic rings. The molecule has 0 spiro atoms. The lowest BCUT2D eigenvalue weighted by Gasteiger charge is -2.26. The average molecular weight is 306 g/mol. The van der Waals surface area contributed by atoms with Gasteiger partial charge in [-0.25, -0.2) is 9.78 Å². The summed E-state index contributed by atoms with van der Waals surface area (Å²) in [5.41, 5.74) is 0.270. The van der Waals surface area contributed by atoms with Gasteiger partial charge in [0.15, 0.2) is 5.65 Å². The van der Waals surface area contributed by atoms with Gasteiger partial charge in [-0.2, -0.15) is 0 Å². The highest BCUT2D eigenvalue weighted by atomic mass is 16.2. The average Bonchev–Trinajstić information content (AvgIpc) is 2.94. The van der Waals surface area contributed by atoms with Crippen LogP contribution in [0.4, 0.5) is 0 Å². The van der Waals surface area contributed by atoms with Gasteiger partial charge >= 0.3 is 5.69 Å². The SMILES string of the molecule is CCCn1c(=O)n(C)c(=O)c2[nH]c(CN3CCNCC3)nc21. The van der Waals surface area contributed by atoms with Crippen LogP contribution in [0, 0.1) is 0 Å². The molecule has 2 N–H and O–H groups in total. The summed E-state index contributed by atoms with van der Waals surface area (Å²) >= 11 is 0. The molecule has 120 valence electrons. The van der Waals surface area contributed by atoms with E-state index in [2.05, 4.69) is 20.2 Å². The van der Waals surface area contributed by atoms with E-state index in [4.69, 9.17) is 0 Å². The fourth-order valence-corrected chi connectivity index (χ4v) is 2.86. The molecule has 0 radical (unpaired) electrons. The van der Waals surface area contributed by atoms with Gasteiger partial charge in [-0.1, -0.05) is 6.92 Å². The summed E-state index contributed by atoms with van der Waals surface area (Å²) in [6, 6.07) is 0. The van der Waals surface area contributed by atoms with Crippen LogP contribution in [0.2, 0.25) is 0 Å². The molecule has 1 saturated heterocycles. The van der Waals surface area contributed by atoms with Gasteiger partial charge in [-0.3, -0.25) is 18.8 Å². The Morgan fingerprint density at radius 2 is 1.95 bits per heavy atom. The highest BCUT2D eigenvalue weighted by molar-refractivity contribution is 5.69. The molecular weight excluding hydrogens is 284 g/mol. The molecule has 3 heterocycles. The fourth-order valence-electron chi connectivity index (χ4n) is 2.86. The van der Waals surface area contributed by atoms with Crippen molar-refractivity contribution in [3.8, 4) is 0 Å². The lowest BCUT2D eigenvalue weighted by atomic mass is 10.3. The molecule has 8 heteroatoms. The largest absolute Gasteiger partial charge is 0.335 e. The second-order valence-electron chi connectivity index (χ2n) is 5.71. The van der Waals surface area contributed by atoms with E-state index in [1.807, 2.05) is 6.92 Å². The Balaban J connectivity index is 2.04. The van der Waals surface area contributed by atoms with E-state index in [9.17, 15) is 9.59 Å². The number of hydrogen-bond acceptors (Lipinski definition) is 5. The van der Waals surface area contributed by atoms with Crippen molar-refractivity contribution in [2.75, 3.05) is 26.2 Å². The van der Waals surface area contributed by atoms with Gasteiger partial charge < -0.3 is 10.3 Å². The van der Waals surface area contributed by atoms with Crippen molar-refractivity contribution < 1.29 is 0 Å². The number of nitrogens with zero attached hydrogens (tertiary/aromatic N) is 4. The first-order chi connectivity index (χ1) is 10.6. The third-order valence-electron chi connectivity index (χ3n) is 4.06.